The molecular formula is C33H23P. The summed E-state index contributed by atoms with van der Waals surface area (Å²) in [6.07, 6.45) is 5.11. The largest absolute Gasteiger partial charge is 0.0622 e. The van der Waals surface area contributed by atoms with Gasteiger partial charge >= 0.3 is 0 Å². The highest BCUT2D eigenvalue weighted by Crippen LogP contribution is 2.69. The van der Waals surface area contributed by atoms with Gasteiger partial charge in [0.2, 0.25) is 0 Å². The highest BCUT2D eigenvalue weighted by Gasteiger charge is 2.45. The van der Waals surface area contributed by atoms with Gasteiger partial charge in [0.05, 0.1) is 5.41 Å². The van der Waals surface area contributed by atoms with E-state index in [0.29, 0.717) is 0 Å². The van der Waals surface area contributed by atoms with Crippen molar-refractivity contribution in [3.63, 3.8) is 0 Å². The zero-order valence-electron chi connectivity index (χ0n) is 18.7. The lowest BCUT2D eigenvalue weighted by atomic mass is 9.72. The van der Waals surface area contributed by atoms with Crippen LogP contribution < -0.4 is 5.30 Å². The number of hydrogen-bond acceptors (Lipinski definition) is 0. The van der Waals surface area contributed by atoms with Crippen LogP contribution in [0.5, 0.6) is 0 Å². The first-order chi connectivity index (χ1) is 16.8. The van der Waals surface area contributed by atoms with Crippen molar-refractivity contribution in [2.24, 2.45) is 0 Å². The van der Waals surface area contributed by atoms with Gasteiger partial charge in [-0.15, -0.1) is 0 Å². The molecule has 34 heavy (non-hydrogen) atoms. The lowest BCUT2D eigenvalue weighted by molar-refractivity contribution is 0.821. The van der Waals surface area contributed by atoms with Crippen LogP contribution >= 0.6 is 7.92 Å². The van der Waals surface area contributed by atoms with E-state index in [1.807, 2.05) is 0 Å². The molecule has 1 heteroatoms. The van der Waals surface area contributed by atoms with Crippen molar-refractivity contribution in [1.82, 2.24) is 0 Å². The SMILES string of the molecule is C1=C(c2ccccc2)P2C(c3ccc4ccccc4c3)=C[C@@]1(c1ccccc1)c1ccccc12. The minimum Gasteiger partial charge on any atom is -0.0622 e. The van der Waals surface area contributed by atoms with Gasteiger partial charge in [-0.2, -0.15) is 0 Å². The van der Waals surface area contributed by atoms with Crippen LogP contribution in [0.1, 0.15) is 22.3 Å². The summed E-state index contributed by atoms with van der Waals surface area (Å²) in [7, 11) is -0.654. The van der Waals surface area contributed by atoms with Crippen molar-refractivity contribution < 1.29 is 0 Å². The Morgan fingerprint density at radius 3 is 1.88 bits per heavy atom. The van der Waals surface area contributed by atoms with Crippen LogP contribution in [0.3, 0.4) is 0 Å². The summed E-state index contributed by atoms with van der Waals surface area (Å²) in [5, 5.41) is 6.99. The standard InChI is InChI=1S/C33H23P/c1-3-12-25(13-4-1)31-22-33(28-15-5-2-6-16-28)23-32(34(31)30-18-10-9-17-29(30)33)27-20-19-24-11-7-8-14-26(24)21-27/h1-23H/t33-,34?/m0/s1. The van der Waals surface area contributed by atoms with Crippen LogP contribution in [-0.2, 0) is 5.41 Å². The third kappa shape index (κ3) is 2.89. The van der Waals surface area contributed by atoms with Crippen LogP contribution in [-0.4, -0.2) is 0 Å². The minimum atomic E-state index is -0.654. The first-order valence-electron chi connectivity index (χ1n) is 11.8. The molecule has 0 aliphatic carbocycles. The van der Waals surface area contributed by atoms with E-state index >= 15 is 0 Å². The number of rotatable bonds is 3. The first kappa shape index (κ1) is 19.7. The molecule has 2 atom stereocenters. The summed E-state index contributed by atoms with van der Waals surface area (Å²) in [6.45, 7) is 0. The Morgan fingerprint density at radius 1 is 0.471 bits per heavy atom. The molecule has 2 bridgehead atoms. The lowest BCUT2D eigenvalue weighted by Gasteiger charge is -2.46. The second-order valence-corrected chi connectivity index (χ2v) is 11.2. The molecular weight excluding hydrogens is 427 g/mol. The molecule has 3 aliphatic rings. The van der Waals surface area contributed by atoms with Crippen LogP contribution in [0.4, 0.5) is 0 Å². The van der Waals surface area contributed by atoms with Gasteiger partial charge in [-0.1, -0.05) is 133 Å². The van der Waals surface area contributed by atoms with Crippen molar-refractivity contribution in [3.05, 3.63) is 162 Å². The molecule has 0 nitrogen and oxygen atoms in total. The average molecular weight is 451 g/mol. The van der Waals surface area contributed by atoms with Gasteiger partial charge in [-0.3, -0.25) is 0 Å². The molecule has 3 heterocycles. The second kappa shape index (κ2) is 7.66. The van der Waals surface area contributed by atoms with E-state index in [4.69, 9.17) is 0 Å². The van der Waals surface area contributed by atoms with Crippen LogP contribution in [0.15, 0.2) is 140 Å². The monoisotopic (exact) mass is 450 g/mol. The lowest BCUT2D eigenvalue weighted by Crippen LogP contribution is -2.36. The molecule has 0 amide bonds. The second-order valence-electron chi connectivity index (χ2n) is 9.07. The Hall–Kier alpha value is -3.73. The quantitative estimate of drug-likeness (QED) is 0.242. The van der Waals surface area contributed by atoms with E-state index in [0.717, 1.165) is 0 Å². The minimum absolute atomic E-state index is 0.277. The van der Waals surface area contributed by atoms with Crippen LogP contribution in [0.2, 0.25) is 0 Å². The Balaban J connectivity index is 1.55. The topological polar surface area (TPSA) is 0 Å². The molecule has 8 rings (SSSR count). The van der Waals surface area contributed by atoms with Gasteiger partial charge in [0.1, 0.15) is 0 Å². The van der Waals surface area contributed by atoms with Gasteiger partial charge in [0.25, 0.3) is 0 Å². The van der Waals surface area contributed by atoms with Gasteiger partial charge in [-0.25, -0.2) is 0 Å². The summed E-state index contributed by atoms with van der Waals surface area (Å²) in [5.41, 5.74) is 5.14. The van der Waals surface area contributed by atoms with Crippen molar-refractivity contribution in [1.29, 1.82) is 0 Å². The normalized spacial score (nSPS) is 20.5. The van der Waals surface area contributed by atoms with Gasteiger partial charge < -0.3 is 0 Å². The van der Waals surface area contributed by atoms with E-state index in [9.17, 15) is 0 Å². The number of allylic oxidation sites excluding steroid dienone is 2. The van der Waals surface area contributed by atoms with E-state index in [1.54, 1.807) is 0 Å². The third-order valence-corrected chi connectivity index (χ3v) is 9.78. The third-order valence-electron chi connectivity index (χ3n) is 7.17. The Labute approximate surface area is 201 Å². The summed E-state index contributed by atoms with van der Waals surface area (Å²) < 4.78 is 0. The predicted octanol–water partition coefficient (Wildman–Crippen LogP) is 8.34. The summed E-state index contributed by atoms with van der Waals surface area (Å²) in [5.74, 6) is 0. The molecule has 0 spiro atoms. The fraction of sp³-hybridized carbons (Fsp3) is 0.0303. The van der Waals surface area contributed by atoms with Gasteiger partial charge in [0, 0.05) is 0 Å². The summed E-state index contributed by atoms with van der Waals surface area (Å²) >= 11 is 0. The van der Waals surface area contributed by atoms with Gasteiger partial charge in [-0.05, 0) is 62.9 Å². The molecule has 0 radical (unpaired) electrons. The number of hydrogen-bond donors (Lipinski definition) is 0. The van der Waals surface area contributed by atoms with Gasteiger partial charge in [0.15, 0.2) is 0 Å². The molecule has 5 aromatic carbocycles. The Morgan fingerprint density at radius 2 is 1.09 bits per heavy atom. The number of fused-ring (bicyclic) bond motifs is 1. The summed E-state index contributed by atoms with van der Waals surface area (Å²) in [4.78, 5) is 0. The molecule has 0 saturated heterocycles. The highest BCUT2D eigenvalue weighted by atomic mass is 31.1. The summed E-state index contributed by atoms with van der Waals surface area (Å²) in [6, 6.07) is 46.7. The zero-order valence-corrected chi connectivity index (χ0v) is 19.6. The molecule has 3 aliphatic heterocycles. The van der Waals surface area contributed by atoms with E-state index in [-0.39, 0.29) is 5.41 Å². The Kier molecular flexibility index (Phi) is 4.44. The molecule has 0 fully saturated rings. The molecule has 5 aromatic rings. The van der Waals surface area contributed by atoms with E-state index < -0.39 is 7.92 Å². The average Bonchev–Trinajstić information content (AvgIpc) is 2.94. The van der Waals surface area contributed by atoms with Crippen molar-refractivity contribution >= 4 is 34.6 Å². The maximum atomic E-state index is 2.56. The molecule has 1 unspecified atom stereocenters. The van der Waals surface area contributed by atoms with Crippen molar-refractivity contribution in [2.45, 2.75) is 5.41 Å². The fourth-order valence-corrected chi connectivity index (χ4v) is 8.57. The molecule has 160 valence electrons. The van der Waals surface area contributed by atoms with Crippen LogP contribution in [0.25, 0.3) is 21.4 Å². The number of benzene rings is 5. The Bertz CT molecular complexity index is 1590. The van der Waals surface area contributed by atoms with E-state index in [1.165, 1.54) is 49.0 Å². The van der Waals surface area contributed by atoms with E-state index in [2.05, 4.69) is 140 Å². The smallest absolute Gasteiger partial charge is 0.0588 e. The zero-order chi connectivity index (χ0) is 22.5. The van der Waals surface area contributed by atoms with Crippen molar-refractivity contribution in [3.8, 4) is 0 Å². The maximum Gasteiger partial charge on any atom is 0.0588 e. The molecule has 0 N–H and O–H groups in total. The maximum absolute atomic E-state index is 2.56. The predicted molar refractivity (Wildman–Crippen MR) is 147 cm³/mol. The molecule has 0 saturated carbocycles. The fourth-order valence-electron chi connectivity index (χ4n) is 5.58. The van der Waals surface area contributed by atoms with Crippen molar-refractivity contribution in [2.75, 3.05) is 0 Å². The highest BCUT2D eigenvalue weighted by molar-refractivity contribution is 7.84. The molecule has 0 aromatic heterocycles. The first-order valence-corrected chi connectivity index (χ1v) is 13.1. The van der Waals surface area contributed by atoms with Crippen LogP contribution in [0, 0.1) is 0 Å².